The molecule has 2 aromatic carbocycles. The van der Waals surface area contributed by atoms with Gasteiger partial charge in [0.05, 0.1) is 10.9 Å². The normalized spacial score (nSPS) is 21.1. The van der Waals surface area contributed by atoms with E-state index in [0.29, 0.717) is 15.6 Å². The Bertz CT molecular complexity index is 1420. The number of thioether (sulfide) groups is 1. The quantitative estimate of drug-likeness (QED) is 0.504. The first-order valence-electron chi connectivity index (χ1n) is 11.4. The van der Waals surface area contributed by atoms with E-state index >= 15 is 0 Å². The zero-order chi connectivity index (χ0) is 25.8. The van der Waals surface area contributed by atoms with Gasteiger partial charge in [-0.2, -0.15) is 0 Å². The summed E-state index contributed by atoms with van der Waals surface area (Å²) in [6.45, 7) is 6.07. The predicted octanol–water partition coefficient (Wildman–Crippen LogP) is 3.86. The highest BCUT2D eigenvalue weighted by atomic mass is 32.2. The van der Waals surface area contributed by atoms with Crippen LogP contribution in [-0.2, 0) is 26.3 Å². The fourth-order valence-corrected chi connectivity index (χ4v) is 7.34. The van der Waals surface area contributed by atoms with Gasteiger partial charge in [0.1, 0.15) is 17.6 Å². The molecule has 3 atom stereocenters. The first kappa shape index (κ1) is 24.5. The Balaban J connectivity index is 1.52. The molecule has 1 aromatic heterocycles. The molecule has 0 radical (unpaired) electrons. The van der Waals surface area contributed by atoms with Crippen molar-refractivity contribution in [2.75, 3.05) is 5.32 Å². The molecule has 0 bridgehead atoms. The lowest BCUT2D eigenvalue weighted by molar-refractivity contribution is -0.126. The van der Waals surface area contributed by atoms with E-state index in [9.17, 15) is 23.6 Å². The molecule has 2 aliphatic rings. The summed E-state index contributed by atoms with van der Waals surface area (Å²) in [6.07, 6.45) is 0. The van der Waals surface area contributed by atoms with Crippen molar-refractivity contribution in [3.05, 3.63) is 80.0 Å². The molecule has 2 aliphatic heterocycles. The second kappa shape index (κ2) is 9.01. The van der Waals surface area contributed by atoms with Crippen molar-refractivity contribution in [1.29, 1.82) is 0 Å². The van der Waals surface area contributed by atoms with Crippen LogP contribution in [0.2, 0.25) is 0 Å². The number of nitrogens with zero attached hydrogens (tertiary/aromatic N) is 1. The van der Waals surface area contributed by atoms with Gasteiger partial charge in [0.2, 0.25) is 17.7 Å². The van der Waals surface area contributed by atoms with Crippen LogP contribution in [0.1, 0.15) is 42.7 Å². The molecule has 3 aromatic rings. The lowest BCUT2D eigenvalue weighted by Crippen LogP contribution is -2.32. The number of halogens is 1. The van der Waals surface area contributed by atoms with Crippen molar-refractivity contribution < 1.29 is 18.8 Å². The average Bonchev–Trinajstić information content (AvgIpc) is 3.28. The Morgan fingerprint density at radius 1 is 1.03 bits per heavy atom. The highest BCUT2D eigenvalue weighted by Gasteiger charge is 2.52. The van der Waals surface area contributed by atoms with Crippen LogP contribution in [0.5, 0.6) is 0 Å². The van der Waals surface area contributed by atoms with E-state index in [1.807, 2.05) is 24.3 Å². The van der Waals surface area contributed by atoms with Crippen LogP contribution in [0.15, 0.2) is 58.4 Å². The van der Waals surface area contributed by atoms with Crippen molar-refractivity contribution >= 4 is 46.5 Å². The molecule has 2 unspecified atom stereocenters. The Hall–Kier alpha value is -3.24. The smallest absolute Gasteiger partial charge is 0.308 e. The summed E-state index contributed by atoms with van der Waals surface area (Å²) in [7, 11) is 0. The summed E-state index contributed by atoms with van der Waals surface area (Å²) in [5, 5.41) is 4.93. The van der Waals surface area contributed by atoms with Gasteiger partial charge in [-0.05, 0) is 40.8 Å². The molecule has 0 saturated carbocycles. The van der Waals surface area contributed by atoms with E-state index in [1.165, 1.54) is 28.8 Å². The van der Waals surface area contributed by atoms with Crippen LogP contribution < -0.4 is 15.5 Å². The zero-order valence-corrected chi connectivity index (χ0v) is 21.5. The van der Waals surface area contributed by atoms with Gasteiger partial charge in [-0.1, -0.05) is 68.1 Å². The number of hydrogen-bond acceptors (Lipinski definition) is 6. The number of hydrogen-bond donors (Lipinski definition) is 2. The van der Waals surface area contributed by atoms with Crippen LogP contribution in [0.25, 0.3) is 0 Å². The molecule has 1 saturated heterocycles. The molecule has 7 nitrogen and oxygen atoms in total. The fourth-order valence-electron chi connectivity index (χ4n) is 4.60. The number of carbonyl (C=O) groups excluding carboxylic acids is 3. The molecule has 10 heteroatoms. The SMILES string of the molecule is CC(C)(C)c1ccc([C@@H]2c3sc(=O)n(CC(=O)Nc4ccc(F)cc4)c3SC3C(=O)NC(=O)C32)cc1. The largest absolute Gasteiger partial charge is 0.325 e. The van der Waals surface area contributed by atoms with E-state index in [1.54, 1.807) is 0 Å². The fraction of sp³-hybridized carbons (Fsp3) is 0.308. The van der Waals surface area contributed by atoms with E-state index in [2.05, 4.69) is 31.4 Å². The summed E-state index contributed by atoms with van der Waals surface area (Å²) in [6, 6.07) is 13.3. The van der Waals surface area contributed by atoms with Crippen molar-refractivity contribution in [3.63, 3.8) is 0 Å². The number of thiazole rings is 1. The number of imide groups is 1. The Labute approximate surface area is 215 Å². The van der Waals surface area contributed by atoms with Gasteiger partial charge in [0.25, 0.3) is 0 Å². The van der Waals surface area contributed by atoms with Crippen molar-refractivity contribution in [1.82, 2.24) is 9.88 Å². The maximum absolute atomic E-state index is 13.2. The molecule has 36 heavy (non-hydrogen) atoms. The van der Waals surface area contributed by atoms with Crippen molar-refractivity contribution in [2.24, 2.45) is 5.92 Å². The second-order valence-corrected chi connectivity index (χ2v) is 12.1. The predicted molar refractivity (Wildman–Crippen MR) is 137 cm³/mol. The number of carbonyl (C=O) groups is 3. The maximum Gasteiger partial charge on any atom is 0.308 e. The third-order valence-corrected chi connectivity index (χ3v) is 9.07. The number of fused-ring (bicyclic) bond motifs is 2. The minimum Gasteiger partial charge on any atom is -0.325 e. The standard InChI is InChI=1S/C26H24FN3O4S2/c1-26(2,3)14-6-4-13(5-7-14)18-19-20(23(33)29-22(19)32)35-24-21(18)36-25(34)30(24)12-17(31)28-16-10-8-15(27)9-11-16/h4-11,18-20H,12H2,1-3H3,(H,28,31)(H,29,32,33)/t18-,19?,20?/m0/s1. The minimum absolute atomic E-state index is 0.0542. The molecule has 1 fully saturated rings. The third-order valence-electron chi connectivity index (χ3n) is 6.45. The van der Waals surface area contributed by atoms with Gasteiger partial charge < -0.3 is 5.32 Å². The van der Waals surface area contributed by atoms with E-state index in [0.717, 1.165) is 34.2 Å². The van der Waals surface area contributed by atoms with Gasteiger partial charge >= 0.3 is 4.87 Å². The Morgan fingerprint density at radius 3 is 2.33 bits per heavy atom. The summed E-state index contributed by atoms with van der Waals surface area (Å²) in [5.41, 5.74) is 2.32. The molecule has 0 spiro atoms. The topological polar surface area (TPSA) is 97.3 Å². The first-order chi connectivity index (χ1) is 17.0. The molecule has 2 N–H and O–H groups in total. The molecule has 3 heterocycles. The summed E-state index contributed by atoms with van der Waals surface area (Å²) in [4.78, 5) is 51.6. The van der Waals surface area contributed by atoms with Crippen molar-refractivity contribution in [3.8, 4) is 0 Å². The molecule has 186 valence electrons. The number of amides is 3. The average molecular weight is 526 g/mol. The lowest BCUT2D eigenvalue weighted by atomic mass is 9.81. The molecule has 0 aliphatic carbocycles. The summed E-state index contributed by atoms with van der Waals surface area (Å²) >= 11 is 2.15. The van der Waals surface area contributed by atoms with E-state index < -0.39 is 34.7 Å². The maximum atomic E-state index is 13.2. The summed E-state index contributed by atoms with van der Waals surface area (Å²) in [5.74, 6) is -2.74. The number of aromatic nitrogens is 1. The lowest BCUT2D eigenvalue weighted by Gasteiger charge is -2.31. The number of anilines is 1. The number of rotatable bonds is 4. The second-order valence-electron chi connectivity index (χ2n) is 9.95. The third kappa shape index (κ3) is 4.39. The minimum atomic E-state index is -0.697. The van der Waals surface area contributed by atoms with Gasteiger partial charge in [0, 0.05) is 16.5 Å². The van der Waals surface area contributed by atoms with E-state index in [-0.39, 0.29) is 22.7 Å². The zero-order valence-electron chi connectivity index (χ0n) is 19.8. The van der Waals surface area contributed by atoms with E-state index in [4.69, 9.17) is 0 Å². The van der Waals surface area contributed by atoms with Crippen LogP contribution >= 0.6 is 23.1 Å². The molecule has 3 amide bonds. The van der Waals surface area contributed by atoms with Gasteiger partial charge in [-0.15, -0.1) is 0 Å². The van der Waals surface area contributed by atoms with Crippen LogP contribution in [0.4, 0.5) is 10.1 Å². The monoisotopic (exact) mass is 525 g/mol. The van der Waals surface area contributed by atoms with Gasteiger partial charge in [0.15, 0.2) is 0 Å². The number of benzene rings is 2. The van der Waals surface area contributed by atoms with Gasteiger partial charge in [-0.3, -0.25) is 29.1 Å². The van der Waals surface area contributed by atoms with Gasteiger partial charge in [-0.25, -0.2) is 4.39 Å². The van der Waals surface area contributed by atoms with Crippen LogP contribution in [-0.4, -0.2) is 27.5 Å². The van der Waals surface area contributed by atoms with Crippen molar-refractivity contribution in [2.45, 2.75) is 48.9 Å². The van der Waals surface area contributed by atoms with Crippen LogP contribution in [0, 0.1) is 11.7 Å². The first-order valence-corrected chi connectivity index (χ1v) is 13.1. The highest BCUT2D eigenvalue weighted by Crippen LogP contribution is 2.51. The molecular formula is C26H24FN3O4S2. The highest BCUT2D eigenvalue weighted by molar-refractivity contribution is 8.00. The van der Waals surface area contributed by atoms with Crippen LogP contribution in [0.3, 0.4) is 0 Å². The number of nitrogens with one attached hydrogen (secondary N) is 2. The molecule has 5 rings (SSSR count). The Kier molecular flexibility index (Phi) is 6.12. The summed E-state index contributed by atoms with van der Waals surface area (Å²) < 4.78 is 14.5. The molecular weight excluding hydrogens is 501 g/mol. The Morgan fingerprint density at radius 2 is 1.69 bits per heavy atom.